The van der Waals surface area contributed by atoms with Gasteiger partial charge in [0.1, 0.15) is 17.5 Å². The topological polar surface area (TPSA) is 84.9 Å². The van der Waals surface area contributed by atoms with Gasteiger partial charge < -0.3 is 9.47 Å². The molecule has 2 aromatic rings. The van der Waals surface area contributed by atoms with E-state index in [2.05, 4.69) is 5.32 Å². The fourth-order valence-electron chi connectivity index (χ4n) is 3.50. The van der Waals surface area contributed by atoms with Crippen molar-refractivity contribution in [1.29, 1.82) is 0 Å². The molecule has 8 heteroatoms. The summed E-state index contributed by atoms with van der Waals surface area (Å²) in [6.45, 7) is 13.6. The third kappa shape index (κ3) is 5.79. The molecule has 0 saturated carbocycles. The van der Waals surface area contributed by atoms with Gasteiger partial charge in [0.25, 0.3) is 10.0 Å². The molecule has 0 aliphatic carbocycles. The fraction of sp³-hybridized carbons (Fsp3) is 0.480. The van der Waals surface area contributed by atoms with Crippen molar-refractivity contribution in [1.82, 2.24) is 0 Å². The van der Waals surface area contributed by atoms with Crippen LogP contribution >= 0.6 is 0 Å². The summed E-state index contributed by atoms with van der Waals surface area (Å²) in [7, 11) is -3.87. The lowest BCUT2D eigenvalue weighted by Gasteiger charge is -2.35. The van der Waals surface area contributed by atoms with E-state index in [0.29, 0.717) is 23.5 Å². The SMILES string of the molecule is CCC1CN(S(=O)(=O)c2cccc(C(C)(C)C)c2)c2cc(NC(=O)OC(C)(C)C)ccc2O1. The molecule has 1 atom stereocenters. The van der Waals surface area contributed by atoms with Gasteiger partial charge >= 0.3 is 6.09 Å². The number of sulfonamides is 1. The Morgan fingerprint density at radius 2 is 1.82 bits per heavy atom. The van der Waals surface area contributed by atoms with Crippen molar-refractivity contribution < 1.29 is 22.7 Å². The molecular formula is C25H34N2O5S. The number of carbonyl (C=O) groups is 1. The van der Waals surface area contributed by atoms with Crippen molar-refractivity contribution >= 4 is 27.5 Å². The van der Waals surface area contributed by atoms with Crippen LogP contribution in [0.2, 0.25) is 0 Å². The van der Waals surface area contributed by atoms with E-state index in [1.807, 2.05) is 33.8 Å². The second-order valence-electron chi connectivity index (χ2n) is 10.3. The Kier molecular flexibility index (Phi) is 6.71. The van der Waals surface area contributed by atoms with E-state index in [4.69, 9.17) is 9.47 Å². The van der Waals surface area contributed by atoms with Crippen LogP contribution in [0, 0.1) is 0 Å². The first-order valence-corrected chi connectivity index (χ1v) is 12.6. The normalized spacial score (nSPS) is 16.6. The molecule has 0 radical (unpaired) electrons. The summed E-state index contributed by atoms with van der Waals surface area (Å²) < 4.78 is 40.2. The number of amides is 1. The average Bonchev–Trinajstić information content (AvgIpc) is 2.71. The van der Waals surface area contributed by atoms with Crippen molar-refractivity contribution in [2.75, 3.05) is 16.2 Å². The predicted octanol–water partition coefficient (Wildman–Crippen LogP) is 5.70. The van der Waals surface area contributed by atoms with E-state index in [-0.39, 0.29) is 23.0 Å². The molecule has 180 valence electrons. The highest BCUT2D eigenvalue weighted by atomic mass is 32.2. The van der Waals surface area contributed by atoms with E-state index >= 15 is 0 Å². The number of nitrogens with zero attached hydrogens (tertiary/aromatic N) is 1. The van der Waals surface area contributed by atoms with Gasteiger partial charge in [-0.15, -0.1) is 0 Å². The molecule has 1 aliphatic heterocycles. The molecule has 2 aromatic carbocycles. The van der Waals surface area contributed by atoms with Crippen LogP contribution in [0.25, 0.3) is 0 Å². The molecule has 1 aliphatic rings. The summed E-state index contributed by atoms with van der Waals surface area (Å²) in [5, 5.41) is 2.68. The molecule has 0 fully saturated rings. The van der Waals surface area contributed by atoms with Crippen molar-refractivity contribution in [2.45, 2.75) is 76.9 Å². The van der Waals surface area contributed by atoms with Crippen LogP contribution in [0.5, 0.6) is 5.75 Å². The zero-order valence-corrected chi connectivity index (χ0v) is 21.2. The Morgan fingerprint density at radius 3 is 2.42 bits per heavy atom. The standard InChI is InChI=1S/C25H34N2O5S/c1-8-19-16-27(33(29,30)20-11-9-10-17(14-20)24(2,3)4)21-15-18(12-13-22(21)31-19)26-23(28)32-25(5,6)7/h9-15,19H,8,16H2,1-7H3,(H,26,28). The molecule has 1 heterocycles. The van der Waals surface area contributed by atoms with Gasteiger partial charge in [0.05, 0.1) is 17.1 Å². The average molecular weight is 475 g/mol. The number of fused-ring (bicyclic) bond motifs is 1. The number of rotatable bonds is 4. The van der Waals surface area contributed by atoms with Gasteiger partial charge in [0.15, 0.2) is 0 Å². The minimum absolute atomic E-state index is 0.182. The number of hydrogen-bond donors (Lipinski definition) is 1. The van der Waals surface area contributed by atoms with Crippen molar-refractivity contribution in [3.05, 3.63) is 48.0 Å². The van der Waals surface area contributed by atoms with Gasteiger partial charge in [0.2, 0.25) is 0 Å². The fourth-order valence-corrected chi connectivity index (χ4v) is 5.05. The van der Waals surface area contributed by atoms with Crippen molar-refractivity contribution in [2.24, 2.45) is 0 Å². The highest BCUT2D eigenvalue weighted by Gasteiger charge is 2.35. The summed E-state index contributed by atoms with van der Waals surface area (Å²) in [4.78, 5) is 12.5. The van der Waals surface area contributed by atoms with E-state index in [1.165, 1.54) is 4.31 Å². The lowest BCUT2D eigenvalue weighted by atomic mass is 9.87. The second kappa shape index (κ2) is 8.89. The zero-order chi connectivity index (χ0) is 24.6. The van der Waals surface area contributed by atoms with Crippen molar-refractivity contribution in [3.63, 3.8) is 0 Å². The van der Waals surface area contributed by atoms with Gasteiger partial charge in [0, 0.05) is 5.69 Å². The number of anilines is 2. The zero-order valence-electron chi connectivity index (χ0n) is 20.4. The molecule has 0 saturated heterocycles. The van der Waals surface area contributed by atoms with Gasteiger partial charge in [-0.1, -0.05) is 39.8 Å². The van der Waals surface area contributed by atoms with E-state index in [0.717, 1.165) is 5.56 Å². The maximum absolute atomic E-state index is 13.8. The van der Waals surface area contributed by atoms with Gasteiger partial charge in [-0.2, -0.15) is 0 Å². The Hall–Kier alpha value is -2.74. The Morgan fingerprint density at radius 1 is 1.12 bits per heavy atom. The lowest BCUT2D eigenvalue weighted by molar-refractivity contribution is 0.0636. The minimum atomic E-state index is -3.87. The molecule has 1 N–H and O–H groups in total. The molecule has 1 unspecified atom stereocenters. The maximum atomic E-state index is 13.8. The van der Waals surface area contributed by atoms with Crippen LogP contribution in [0.15, 0.2) is 47.4 Å². The van der Waals surface area contributed by atoms with Crippen LogP contribution in [-0.2, 0) is 20.2 Å². The predicted molar refractivity (Wildman–Crippen MR) is 131 cm³/mol. The Balaban J connectivity index is 2.02. The highest BCUT2D eigenvalue weighted by molar-refractivity contribution is 7.92. The second-order valence-corrected chi connectivity index (χ2v) is 12.1. The van der Waals surface area contributed by atoms with Gasteiger partial charge in [-0.05, 0) is 68.5 Å². The molecule has 1 amide bonds. The molecule has 0 bridgehead atoms. The van der Waals surface area contributed by atoms with E-state index in [1.54, 1.807) is 57.2 Å². The molecule has 0 aromatic heterocycles. The van der Waals surface area contributed by atoms with Crippen LogP contribution in [-0.4, -0.2) is 32.8 Å². The quantitative estimate of drug-likeness (QED) is 0.615. The first-order valence-electron chi connectivity index (χ1n) is 11.1. The van der Waals surface area contributed by atoms with E-state index < -0.39 is 21.7 Å². The number of benzene rings is 2. The monoisotopic (exact) mass is 474 g/mol. The maximum Gasteiger partial charge on any atom is 0.412 e. The first-order chi connectivity index (χ1) is 15.2. The summed E-state index contributed by atoms with van der Waals surface area (Å²) in [6.07, 6.45) is -0.230. The Labute approximate surface area is 197 Å². The number of hydrogen-bond acceptors (Lipinski definition) is 5. The highest BCUT2D eigenvalue weighted by Crippen LogP contribution is 2.40. The number of ether oxygens (including phenoxy) is 2. The van der Waals surface area contributed by atoms with Crippen LogP contribution < -0.4 is 14.4 Å². The number of nitrogens with one attached hydrogen (secondary N) is 1. The van der Waals surface area contributed by atoms with Gasteiger partial charge in [-0.3, -0.25) is 9.62 Å². The third-order valence-corrected chi connectivity index (χ3v) is 7.06. The molecule has 0 spiro atoms. The molecule has 7 nitrogen and oxygen atoms in total. The smallest absolute Gasteiger partial charge is 0.412 e. The summed E-state index contributed by atoms with van der Waals surface area (Å²) in [5.74, 6) is 0.457. The number of carbonyl (C=O) groups excluding carboxylic acids is 1. The van der Waals surface area contributed by atoms with Crippen LogP contribution in [0.4, 0.5) is 16.2 Å². The summed E-state index contributed by atoms with van der Waals surface area (Å²) in [5.41, 5.74) is 0.901. The van der Waals surface area contributed by atoms with Crippen LogP contribution in [0.3, 0.4) is 0 Å². The summed E-state index contributed by atoms with van der Waals surface area (Å²) >= 11 is 0. The van der Waals surface area contributed by atoms with Gasteiger partial charge in [-0.25, -0.2) is 13.2 Å². The van der Waals surface area contributed by atoms with Crippen molar-refractivity contribution in [3.8, 4) is 5.75 Å². The molecule has 33 heavy (non-hydrogen) atoms. The Bertz CT molecular complexity index is 1130. The molecule has 3 rings (SSSR count). The molecular weight excluding hydrogens is 440 g/mol. The largest absolute Gasteiger partial charge is 0.486 e. The van der Waals surface area contributed by atoms with E-state index in [9.17, 15) is 13.2 Å². The van der Waals surface area contributed by atoms with Crippen LogP contribution in [0.1, 0.15) is 60.5 Å². The minimum Gasteiger partial charge on any atom is -0.486 e. The lowest BCUT2D eigenvalue weighted by Crippen LogP contribution is -2.43. The third-order valence-electron chi connectivity index (χ3n) is 5.28. The summed E-state index contributed by atoms with van der Waals surface area (Å²) in [6, 6.07) is 12.0. The first kappa shape index (κ1) is 24.9.